The lowest BCUT2D eigenvalue weighted by Crippen LogP contribution is -2.53. The first kappa shape index (κ1) is 9.92. The molecule has 71 valence electrons. The predicted octanol–water partition coefficient (Wildman–Crippen LogP) is -0.975. The first-order chi connectivity index (χ1) is 5.77. The Hall–Kier alpha value is -0.160. The zero-order valence-electron chi connectivity index (χ0n) is 7.57. The van der Waals surface area contributed by atoms with E-state index in [1.807, 2.05) is 7.05 Å². The van der Waals surface area contributed by atoms with Crippen molar-refractivity contribution in [3.05, 3.63) is 0 Å². The van der Waals surface area contributed by atoms with Crippen molar-refractivity contribution in [3.63, 3.8) is 0 Å². The van der Waals surface area contributed by atoms with E-state index in [4.69, 9.17) is 5.11 Å². The minimum Gasteiger partial charge on any atom is -0.395 e. The highest BCUT2D eigenvalue weighted by Gasteiger charge is 2.22. The van der Waals surface area contributed by atoms with Crippen LogP contribution in [0, 0.1) is 0 Å². The van der Waals surface area contributed by atoms with Gasteiger partial charge in [-0.1, -0.05) is 0 Å². The van der Waals surface area contributed by atoms with E-state index in [9.17, 15) is 5.11 Å². The van der Waals surface area contributed by atoms with E-state index < -0.39 is 0 Å². The molecule has 1 N–H and O–H groups in total. The summed E-state index contributed by atoms with van der Waals surface area (Å²) in [4.78, 5) is 4.26. The second-order valence-electron chi connectivity index (χ2n) is 3.32. The van der Waals surface area contributed by atoms with Gasteiger partial charge < -0.3 is 5.11 Å². The summed E-state index contributed by atoms with van der Waals surface area (Å²) in [7, 11) is 2.01. The molecule has 0 amide bonds. The molecule has 1 radical (unpaired) electrons. The van der Waals surface area contributed by atoms with Crippen LogP contribution in [0.15, 0.2) is 0 Å². The van der Waals surface area contributed by atoms with Crippen LogP contribution < -0.4 is 0 Å². The molecule has 0 bridgehead atoms. The maximum atomic E-state index is 10.4. The zero-order chi connectivity index (χ0) is 8.97. The Morgan fingerprint density at radius 3 is 2.83 bits per heavy atom. The van der Waals surface area contributed by atoms with Gasteiger partial charge in [-0.15, -0.1) is 0 Å². The molecule has 0 aromatic heterocycles. The molecule has 0 aromatic carbocycles. The highest BCUT2D eigenvalue weighted by atomic mass is 16.3. The zero-order valence-corrected chi connectivity index (χ0v) is 7.57. The third-order valence-electron chi connectivity index (χ3n) is 2.48. The maximum Gasteiger partial charge on any atom is 0.0949 e. The summed E-state index contributed by atoms with van der Waals surface area (Å²) in [6.45, 7) is 3.49. The van der Waals surface area contributed by atoms with Gasteiger partial charge in [-0.05, 0) is 7.05 Å². The highest BCUT2D eigenvalue weighted by molar-refractivity contribution is 4.78. The number of hydrogen-bond acceptors (Lipinski definition) is 3. The molecule has 0 spiro atoms. The molecule has 1 fully saturated rings. The van der Waals surface area contributed by atoms with Gasteiger partial charge in [0.2, 0.25) is 0 Å². The lowest BCUT2D eigenvalue weighted by molar-refractivity contribution is 0.0415. The Morgan fingerprint density at radius 2 is 2.25 bits per heavy atom. The number of likely N-dealkylation sites (N-methyl/N-ethyl adjacent to an activating group) is 1. The summed E-state index contributed by atoms with van der Waals surface area (Å²) in [5, 5.41) is 19.4. The van der Waals surface area contributed by atoms with Crippen molar-refractivity contribution < 1.29 is 10.2 Å². The van der Waals surface area contributed by atoms with Crippen LogP contribution in [0.2, 0.25) is 0 Å². The molecule has 1 aliphatic rings. The van der Waals surface area contributed by atoms with Gasteiger partial charge in [-0.25, -0.2) is 5.11 Å². The number of nitrogens with zero attached hydrogens (tertiary/aromatic N) is 2. The van der Waals surface area contributed by atoms with Gasteiger partial charge in [0.05, 0.1) is 13.2 Å². The fourth-order valence-corrected chi connectivity index (χ4v) is 1.54. The van der Waals surface area contributed by atoms with Crippen molar-refractivity contribution in [2.45, 2.75) is 6.04 Å². The minimum atomic E-state index is -0.0398. The van der Waals surface area contributed by atoms with Gasteiger partial charge in [0, 0.05) is 32.2 Å². The standard InChI is InChI=1S/C8H17N2O2/c1-9-2-3-10(4-5-11)6-8(9)7-12/h8,12H,2-7H2,1H3/t8-/m0/s1. The van der Waals surface area contributed by atoms with Crippen molar-refractivity contribution in [2.24, 2.45) is 0 Å². The number of aliphatic hydroxyl groups is 1. The lowest BCUT2D eigenvalue weighted by atomic mass is 10.2. The highest BCUT2D eigenvalue weighted by Crippen LogP contribution is 2.05. The van der Waals surface area contributed by atoms with Gasteiger partial charge in [0.15, 0.2) is 0 Å². The molecule has 4 nitrogen and oxygen atoms in total. The van der Waals surface area contributed by atoms with Crippen LogP contribution >= 0.6 is 0 Å². The third kappa shape index (κ3) is 2.42. The molecular weight excluding hydrogens is 156 g/mol. The van der Waals surface area contributed by atoms with E-state index in [-0.39, 0.29) is 19.3 Å². The molecule has 4 heteroatoms. The van der Waals surface area contributed by atoms with E-state index in [1.54, 1.807) is 0 Å². The van der Waals surface area contributed by atoms with Gasteiger partial charge in [-0.2, -0.15) is 0 Å². The predicted molar refractivity (Wildman–Crippen MR) is 45.5 cm³/mol. The van der Waals surface area contributed by atoms with Crippen LogP contribution in [0.25, 0.3) is 0 Å². The number of hydrogen-bond donors (Lipinski definition) is 1. The maximum absolute atomic E-state index is 10.4. The summed E-state index contributed by atoms with van der Waals surface area (Å²) >= 11 is 0. The lowest BCUT2D eigenvalue weighted by Gasteiger charge is -2.38. The van der Waals surface area contributed by atoms with Crippen molar-refractivity contribution in [2.75, 3.05) is 46.4 Å². The van der Waals surface area contributed by atoms with Gasteiger partial charge in [0.1, 0.15) is 0 Å². The van der Waals surface area contributed by atoms with Crippen molar-refractivity contribution in [3.8, 4) is 0 Å². The molecule has 0 saturated carbocycles. The fourth-order valence-electron chi connectivity index (χ4n) is 1.54. The molecule has 12 heavy (non-hydrogen) atoms. The number of piperazine rings is 1. The van der Waals surface area contributed by atoms with Crippen LogP contribution in [0.3, 0.4) is 0 Å². The second-order valence-corrected chi connectivity index (χ2v) is 3.32. The SMILES string of the molecule is CN1CCN(CC[O])C[C@H]1CO. The van der Waals surface area contributed by atoms with E-state index in [0.29, 0.717) is 6.54 Å². The Bertz CT molecular complexity index is 132. The smallest absolute Gasteiger partial charge is 0.0949 e. The molecule has 1 saturated heterocycles. The Balaban J connectivity index is 2.33. The van der Waals surface area contributed by atoms with E-state index >= 15 is 0 Å². The normalized spacial score (nSPS) is 27.8. The van der Waals surface area contributed by atoms with Crippen molar-refractivity contribution >= 4 is 0 Å². The topological polar surface area (TPSA) is 46.6 Å². The van der Waals surface area contributed by atoms with Gasteiger partial charge >= 0.3 is 0 Å². The molecular formula is C8H17N2O2. The van der Waals surface area contributed by atoms with E-state index in [2.05, 4.69) is 9.80 Å². The number of aliphatic hydroxyl groups excluding tert-OH is 1. The van der Waals surface area contributed by atoms with Crippen LogP contribution in [0.1, 0.15) is 0 Å². The second kappa shape index (κ2) is 4.77. The van der Waals surface area contributed by atoms with Gasteiger partial charge in [-0.3, -0.25) is 9.80 Å². The largest absolute Gasteiger partial charge is 0.395 e. The quantitative estimate of drug-likeness (QED) is 0.597. The molecule has 1 aliphatic heterocycles. The summed E-state index contributed by atoms with van der Waals surface area (Å²) in [5.74, 6) is 0. The Kier molecular flexibility index (Phi) is 3.94. The van der Waals surface area contributed by atoms with Crippen molar-refractivity contribution in [1.29, 1.82) is 0 Å². The summed E-state index contributed by atoms with van der Waals surface area (Å²) in [6.07, 6.45) is 0. The molecule has 1 atom stereocenters. The van der Waals surface area contributed by atoms with Crippen LogP contribution in [0.5, 0.6) is 0 Å². The first-order valence-corrected chi connectivity index (χ1v) is 4.39. The summed E-state index contributed by atoms with van der Waals surface area (Å²) in [6, 6.07) is 0.213. The molecule has 1 rings (SSSR count). The van der Waals surface area contributed by atoms with Crippen LogP contribution in [0.4, 0.5) is 0 Å². The van der Waals surface area contributed by atoms with Crippen LogP contribution in [-0.2, 0) is 5.11 Å². The van der Waals surface area contributed by atoms with Gasteiger partial charge in [0.25, 0.3) is 0 Å². The Morgan fingerprint density at radius 1 is 1.50 bits per heavy atom. The molecule has 0 unspecified atom stereocenters. The monoisotopic (exact) mass is 173 g/mol. The average Bonchev–Trinajstić information content (AvgIpc) is 2.09. The molecule has 0 aliphatic carbocycles. The summed E-state index contributed by atoms with van der Waals surface area (Å²) in [5.41, 5.74) is 0. The minimum absolute atomic E-state index is 0.0398. The fraction of sp³-hybridized carbons (Fsp3) is 1.00. The summed E-state index contributed by atoms with van der Waals surface area (Å²) < 4.78 is 0. The molecule has 0 aromatic rings. The van der Waals surface area contributed by atoms with Crippen molar-refractivity contribution in [1.82, 2.24) is 9.80 Å². The van der Waals surface area contributed by atoms with E-state index in [1.165, 1.54) is 0 Å². The average molecular weight is 173 g/mol. The number of rotatable bonds is 3. The first-order valence-electron chi connectivity index (χ1n) is 4.39. The van der Waals surface area contributed by atoms with E-state index in [0.717, 1.165) is 19.6 Å². The Labute approximate surface area is 73.4 Å². The van der Waals surface area contributed by atoms with Crippen LogP contribution in [-0.4, -0.2) is 67.4 Å². The third-order valence-corrected chi connectivity index (χ3v) is 2.48. The molecule has 1 heterocycles.